The van der Waals surface area contributed by atoms with E-state index >= 15 is 0 Å². The van der Waals surface area contributed by atoms with Gasteiger partial charge in [-0.2, -0.15) is 0 Å². The lowest BCUT2D eigenvalue weighted by Crippen LogP contribution is -2.44. The molecule has 0 aromatic heterocycles. The number of rotatable bonds is 1. The van der Waals surface area contributed by atoms with Gasteiger partial charge in [-0.05, 0) is 37.6 Å². The third kappa shape index (κ3) is 2.05. The molecule has 0 N–H and O–H groups in total. The Kier molecular flexibility index (Phi) is 2.87. The average molecular weight is 278 g/mol. The highest BCUT2D eigenvalue weighted by molar-refractivity contribution is 7.92. The monoisotopic (exact) mass is 278 g/mol. The first-order valence-electron chi connectivity index (χ1n) is 6.49. The molecular weight excluding hydrogens is 260 g/mol. The molecular formula is C14H18N2O2S. The van der Waals surface area contributed by atoms with Crippen molar-refractivity contribution < 1.29 is 8.42 Å². The summed E-state index contributed by atoms with van der Waals surface area (Å²) in [5.74, 6) is 0. The van der Waals surface area contributed by atoms with E-state index in [1.54, 1.807) is 4.31 Å². The highest BCUT2D eigenvalue weighted by atomic mass is 32.2. The minimum Gasteiger partial charge on any atom is -0.297 e. The normalized spacial score (nSPS) is 22.7. The third-order valence-electron chi connectivity index (χ3n) is 4.35. The number of sulfonamides is 1. The number of fused-ring (bicyclic) bond motifs is 2. The van der Waals surface area contributed by atoms with Gasteiger partial charge in [0.25, 0.3) is 0 Å². The molecule has 102 valence electrons. The molecule has 1 spiro atoms. The molecule has 0 saturated carbocycles. The van der Waals surface area contributed by atoms with Crippen LogP contribution in [0.5, 0.6) is 0 Å². The van der Waals surface area contributed by atoms with Gasteiger partial charge in [-0.15, -0.1) is 0 Å². The number of nitrogens with zero attached hydrogens (tertiary/aromatic N) is 2. The predicted octanol–water partition coefficient (Wildman–Crippen LogP) is 1.47. The summed E-state index contributed by atoms with van der Waals surface area (Å²) in [5.41, 5.74) is 1.94. The molecule has 19 heavy (non-hydrogen) atoms. The SMILES string of the molecule is [CH]N1CCC2(CC1)CN(S(C)(=O)=O)c1ccccc12. The van der Waals surface area contributed by atoms with Crippen LogP contribution in [0.3, 0.4) is 0 Å². The third-order valence-corrected chi connectivity index (χ3v) is 5.47. The average Bonchev–Trinajstić information content (AvgIpc) is 2.69. The molecule has 3 rings (SSSR count). The molecule has 0 unspecified atom stereocenters. The van der Waals surface area contributed by atoms with E-state index in [1.165, 1.54) is 6.26 Å². The first-order chi connectivity index (χ1) is 8.92. The standard InChI is InChI=1S/C14H18N2O2S/c1-15-9-7-14(8-10-15)11-16(19(2,17)18)13-6-4-3-5-12(13)14/h1,3-6H,7-11H2,2H3. The van der Waals surface area contributed by atoms with E-state index in [2.05, 4.69) is 6.07 Å². The van der Waals surface area contributed by atoms with E-state index in [0.717, 1.165) is 37.2 Å². The van der Waals surface area contributed by atoms with Crippen LogP contribution in [-0.2, 0) is 15.4 Å². The summed E-state index contributed by atoms with van der Waals surface area (Å²) < 4.78 is 25.5. The summed E-state index contributed by atoms with van der Waals surface area (Å²) in [6.45, 7) is 2.18. The van der Waals surface area contributed by atoms with Gasteiger partial charge in [0, 0.05) is 19.0 Å². The van der Waals surface area contributed by atoms with E-state index in [9.17, 15) is 8.42 Å². The molecule has 0 amide bonds. The van der Waals surface area contributed by atoms with Crippen LogP contribution in [0, 0.1) is 7.05 Å². The van der Waals surface area contributed by atoms with Crippen LogP contribution in [0.15, 0.2) is 24.3 Å². The molecule has 5 heteroatoms. The lowest BCUT2D eigenvalue weighted by molar-refractivity contribution is 0.216. The highest BCUT2D eigenvalue weighted by Gasteiger charge is 2.46. The highest BCUT2D eigenvalue weighted by Crippen LogP contribution is 2.47. The maximum atomic E-state index is 12.0. The molecule has 0 aliphatic carbocycles. The summed E-state index contributed by atoms with van der Waals surface area (Å²) in [5, 5.41) is 0. The second kappa shape index (κ2) is 4.21. The van der Waals surface area contributed by atoms with Crippen molar-refractivity contribution in [1.82, 2.24) is 4.90 Å². The summed E-state index contributed by atoms with van der Waals surface area (Å²) in [7, 11) is 2.61. The van der Waals surface area contributed by atoms with Crippen molar-refractivity contribution in [3.63, 3.8) is 0 Å². The zero-order valence-corrected chi connectivity index (χ0v) is 11.9. The summed E-state index contributed by atoms with van der Waals surface area (Å²) >= 11 is 0. The number of likely N-dealkylation sites (tertiary alicyclic amines) is 1. The topological polar surface area (TPSA) is 40.6 Å². The Labute approximate surface area is 115 Å². The second-order valence-corrected chi connectivity index (χ2v) is 7.51. The predicted molar refractivity (Wildman–Crippen MR) is 75.4 cm³/mol. The minimum atomic E-state index is -3.22. The van der Waals surface area contributed by atoms with Gasteiger partial charge in [-0.25, -0.2) is 8.42 Å². The smallest absolute Gasteiger partial charge is 0.232 e. The van der Waals surface area contributed by atoms with Crippen LogP contribution in [0.4, 0.5) is 5.69 Å². The van der Waals surface area contributed by atoms with E-state index in [4.69, 9.17) is 7.05 Å². The lowest BCUT2D eigenvalue weighted by atomic mass is 9.74. The van der Waals surface area contributed by atoms with Gasteiger partial charge in [0.1, 0.15) is 0 Å². The van der Waals surface area contributed by atoms with Gasteiger partial charge in [0.05, 0.1) is 11.9 Å². The Morgan fingerprint density at radius 2 is 1.84 bits per heavy atom. The Hall–Kier alpha value is -1.07. The van der Waals surface area contributed by atoms with Gasteiger partial charge in [0.2, 0.25) is 10.0 Å². The van der Waals surface area contributed by atoms with Crippen LogP contribution < -0.4 is 4.31 Å². The summed E-state index contributed by atoms with van der Waals surface area (Å²) in [4.78, 5) is 1.82. The molecule has 2 heterocycles. The Balaban J connectivity index is 2.07. The number of para-hydroxylation sites is 1. The van der Waals surface area contributed by atoms with E-state index in [-0.39, 0.29) is 5.41 Å². The fourth-order valence-corrected chi connectivity index (χ4v) is 4.26. The van der Waals surface area contributed by atoms with Crippen molar-refractivity contribution in [2.45, 2.75) is 18.3 Å². The first kappa shape index (κ1) is 12.9. The molecule has 0 bridgehead atoms. The molecule has 2 radical (unpaired) electrons. The minimum absolute atomic E-state index is 0.0600. The van der Waals surface area contributed by atoms with Crippen molar-refractivity contribution in [3.8, 4) is 0 Å². The Morgan fingerprint density at radius 3 is 2.47 bits per heavy atom. The van der Waals surface area contributed by atoms with Crippen molar-refractivity contribution in [2.24, 2.45) is 0 Å². The van der Waals surface area contributed by atoms with Gasteiger partial charge in [-0.3, -0.25) is 9.21 Å². The number of hydrogen-bond acceptors (Lipinski definition) is 3. The van der Waals surface area contributed by atoms with Crippen LogP contribution in [0.25, 0.3) is 0 Å². The fourth-order valence-electron chi connectivity index (χ4n) is 3.26. The van der Waals surface area contributed by atoms with Gasteiger partial charge >= 0.3 is 0 Å². The van der Waals surface area contributed by atoms with Crippen molar-refractivity contribution in [3.05, 3.63) is 36.9 Å². The van der Waals surface area contributed by atoms with Crippen LogP contribution in [0.2, 0.25) is 0 Å². The number of piperidine rings is 1. The van der Waals surface area contributed by atoms with E-state index in [0.29, 0.717) is 6.54 Å². The zero-order valence-electron chi connectivity index (χ0n) is 11.0. The molecule has 1 fully saturated rings. The molecule has 1 aromatic carbocycles. The maximum Gasteiger partial charge on any atom is 0.232 e. The van der Waals surface area contributed by atoms with Crippen molar-refractivity contribution >= 4 is 15.7 Å². The van der Waals surface area contributed by atoms with E-state index < -0.39 is 10.0 Å². The van der Waals surface area contributed by atoms with Gasteiger partial charge in [-0.1, -0.05) is 18.2 Å². The summed E-state index contributed by atoms with van der Waals surface area (Å²) in [6, 6.07) is 7.85. The van der Waals surface area contributed by atoms with Crippen LogP contribution in [0.1, 0.15) is 18.4 Å². The van der Waals surface area contributed by atoms with Gasteiger partial charge < -0.3 is 0 Å². The second-order valence-electron chi connectivity index (χ2n) is 5.60. The van der Waals surface area contributed by atoms with Gasteiger partial charge in [0.15, 0.2) is 0 Å². The maximum absolute atomic E-state index is 12.0. The zero-order chi connectivity index (χ0) is 13.7. The molecule has 0 atom stereocenters. The molecule has 2 aliphatic rings. The number of hydrogen-bond donors (Lipinski definition) is 0. The van der Waals surface area contributed by atoms with Crippen LogP contribution in [-0.4, -0.2) is 39.2 Å². The fraction of sp³-hybridized carbons (Fsp3) is 0.500. The quantitative estimate of drug-likeness (QED) is 0.781. The number of benzene rings is 1. The van der Waals surface area contributed by atoms with Crippen molar-refractivity contribution in [1.29, 1.82) is 0 Å². The molecule has 1 aromatic rings. The van der Waals surface area contributed by atoms with Crippen LogP contribution >= 0.6 is 0 Å². The summed E-state index contributed by atoms with van der Waals surface area (Å²) in [6.07, 6.45) is 3.10. The molecule has 1 saturated heterocycles. The van der Waals surface area contributed by atoms with Crippen molar-refractivity contribution in [2.75, 3.05) is 30.2 Å². The first-order valence-corrected chi connectivity index (χ1v) is 8.34. The molecule has 4 nitrogen and oxygen atoms in total. The van der Waals surface area contributed by atoms with E-state index in [1.807, 2.05) is 23.1 Å². The molecule has 2 aliphatic heterocycles. The Morgan fingerprint density at radius 1 is 1.21 bits per heavy atom. The largest absolute Gasteiger partial charge is 0.297 e. The lowest BCUT2D eigenvalue weighted by Gasteiger charge is -2.38. The Bertz CT molecular complexity index is 589. The number of anilines is 1.